The third-order valence-corrected chi connectivity index (χ3v) is 8.17. The quantitative estimate of drug-likeness (QED) is 0.239. The number of aliphatic hydroxyl groups is 1. The molecule has 4 N–H and O–H groups in total. The van der Waals surface area contributed by atoms with E-state index in [4.69, 9.17) is 9.47 Å². The number of para-hydroxylation sites is 2. The molecule has 0 saturated heterocycles. The van der Waals surface area contributed by atoms with Gasteiger partial charge in [0.15, 0.2) is 0 Å². The van der Waals surface area contributed by atoms with Crippen molar-refractivity contribution in [3.8, 4) is 5.75 Å². The van der Waals surface area contributed by atoms with Crippen LogP contribution in [0.25, 0.3) is 0 Å². The molecule has 0 aliphatic carbocycles. The first kappa shape index (κ1) is 35.2. The Morgan fingerprint density at radius 1 is 0.936 bits per heavy atom. The average molecular weight is 646 g/mol. The van der Waals surface area contributed by atoms with E-state index in [0.717, 1.165) is 19.3 Å². The molecule has 3 aromatic rings. The Morgan fingerprint density at radius 3 is 2.23 bits per heavy atom. The number of hydrogen-bond donors (Lipinski definition) is 4. The van der Waals surface area contributed by atoms with E-state index in [-0.39, 0.29) is 48.8 Å². The predicted octanol–water partition coefficient (Wildman–Crippen LogP) is 6.29. The number of benzene rings is 3. The Morgan fingerprint density at radius 2 is 1.57 bits per heavy atom. The van der Waals surface area contributed by atoms with Gasteiger partial charge >= 0.3 is 12.1 Å². The van der Waals surface area contributed by atoms with Crippen molar-refractivity contribution in [2.45, 2.75) is 58.3 Å². The van der Waals surface area contributed by atoms with Crippen molar-refractivity contribution in [3.63, 3.8) is 0 Å². The standard InChI is InChI=1S/C36H47N5O6/c1-25-22-41(26(2)24-42)34(43)31-21-30(38-35(44)37-28-14-7-5-8-15-28)18-19-32(31)47-27(3)13-11-12-20-46-33(25)23-40(4)36(45)39-29-16-9-6-10-17-29/h5-10,14-19,21,25-27,33,42H,11-13,20,22-24H2,1-4H3,(H,39,45)(H2,37,38,44)/t25-,26-,27-,33+/m1/s1. The van der Waals surface area contributed by atoms with Gasteiger partial charge in [0.05, 0.1) is 30.4 Å². The highest BCUT2D eigenvalue weighted by Gasteiger charge is 2.31. The zero-order chi connectivity index (χ0) is 33.8. The van der Waals surface area contributed by atoms with Crippen LogP contribution in [0.1, 0.15) is 50.4 Å². The summed E-state index contributed by atoms with van der Waals surface area (Å²) >= 11 is 0. The van der Waals surface area contributed by atoms with Gasteiger partial charge in [0, 0.05) is 49.7 Å². The van der Waals surface area contributed by atoms with Crippen LogP contribution in [0.5, 0.6) is 5.75 Å². The van der Waals surface area contributed by atoms with Gasteiger partial charge in [-0.15, -0.1) is 0 Å². The molecule has 252 valence electrons. The molecular formula is C36H47N5O6. The van der Waals surface area contributed by atoms with Crippen molar-refractivity contribution < 1.29 is 29.0 Å². The molecule has 1 aliphatic heterocycles. The minimum Gasteiger partial charge on any atom is -0.490 e. The SMILES string of the molecule is C[C@@H]1CCCCO[C@@H](CN(C)C(=O)Nc2ccccc2)[C@H](C)CN([C@H](C)CO)C(=O)c2cc(NC(=O)Nc3ccccc3)ccc2O1. The summed E-state index contributed by atoms with van der Waals surface area (Å²) in [6.45, 7) is 6.51. The van der Waals surface area contributed by atoms with Crippen molar-refractivity contribution in [2.24, 2.45) is 5.92 Å². The number of aliphatic hydroxyl groups excluding tert-OH is 1. The van der Waals surface area contributed by atoms with Crippen molar-refractivity contribution in [3.05, 3.63) is 84.4 Å². The molecule has 3 aromatic carbocycles. The molecule has 11 heteroatoms. The maximum atomic E-state index is 14.3. The third kappa shape index (κ3) is 10.5. The van der Waals surface area contributed by atoms with Crippen molar-refractivity contribution >= 4 is 35.0 Å². The molecule has 0 unspecified atom stereocenters. The second-order valence-electron chi connectivity index (χ2n) is 12.1. The summed E-state index contributed by atoms with van der Waals surface area (Å²) in [5, 5.41) is 18.7. The first-order valence-corrected chi connectivity index (χ1v) is 16.2. The number of carbonyl (C=O) groups is 3. The van der Waals surface area contributed by atoms with Crippen molar-refractivity contribution in [1.82, 2.24) is 9.80 Å². The molecule has 5 amide bonds. The molecule has 1 heterocycles. The highest BCUT2D eigenvalue weighted by molar-refractivity contribution is 6.02. The largest absolute Gasteiger partial charge is 0.490 e. The topological polar surface area (TPSA) is 132 Å². The lowest BCUT2D eigenvalue weighted by molar-refractivity contribution is -0.0115. The third-order valence-electron chi connectivity index (χ3n) is 8.17. The molecule has 0 radical (unpaired) electrons. The minimum absolute atomic E-state index is 0.184. The van der Waals surface area contributed by atoms with Gasteiger partial charge in [0.25, 0.3) is 5.91 Å². The molecule has 0 bridgehead atoms. The minimum atomic E-state index is -0.527. The Labute approximate surface area is 277 Å². The molecule has 4 rings (SSSR count). The summed E-state index contributed by atoms with van der Waals surface area (Å²) in [6.07, 6.45) is 1.83. The van der Waals surface area contributed by atoms with E-state index in [1.807, 2.05) is 62.4 Å². The van der Waals surface area contributed by atoms with Gasteiger partial charge in [-0.1, -0.05) is 43.3 Å². The summed E-state index contributed by atoms with van der Waals surface area (Å²) in [6, 6.07) is 22.1. The highest BCUT2D eigenvalue weighted by atomic mass is 16.5. The zero-order valence-electron chi connectivity index (χ0n) is 27.6. The highest BCUT2D eigenvalue weighted by Crippen LogP contribution is 2.29. The molecule has 1 aliphatic rings. The molecule has 47 heavy (non-hydrogen) atoms. The fraction of sp³-hybridized carbons (Fsp3) is 0.417. The maximum absolute atomic E-state index is 14.3. The van der Waals surface area contributed by atoms with E-state index in [9.17, 15) is 19.5 Å². The van der Waals surface area contributed by atoms with E-state index >= 15 is 0 Å². The van der Waals surface area contributed by atoms with Gasteiger partial charge in [-0.05, 0) is 75.6 Å². The summed E-state index contributed by atoms with van der Waals surface area (Å²) in [4.78, 5) is 43.3. The molecular weight excluding hydrogens is 598 g/mol. The fourth-order valence-corrected chi connectivity index (χ4v) is 5.37. The van der Waals surface area contributed by atoms with Crippen LogP contribution < -0.4 is 20.7 Å². The number of nitrogens with one attached hydrogen (secondary N) is 3. The summed E-state index contributed by atoms with van der Waals surface area (Å²) in [5.74, 6) is -0.149. The number of ether oxygens (including phenoxy) is 2. The van der Waals surface area contributed by atoms with Crippen LogP contribution in [0.4, 0.5) is 26.7 Å². The number of anilines is 3. The Kier molecular flexibility index (Phi) is 13.0. The van der Waals surface area contributed by atoms with Crippen LogP contribution in [0.15, 0.2) is 78.9 Å². The fourth-order valence-electron chi connectivity index (χ4n) is 5.37. The number of rotatable bonds is 7. The average Bonchev–Trinajstić information content (AvgIpc) is 3.06. The predicted molar refractivity (Wildman–Crippen MR) is 184 cm³/mol. The maximum Gasteiger partial charge on any atom is 0.323 e. The van der Waals surface area contributed by atoms with Crippen LogP contribution in [0.3, 0.4) is 0 Å². The van der Waals surface area contributed by atoms with E-state index in [2.05, 4.69) is 16.0 Å². The van der Waals surface area contributed by atoms with E-state index in [0.29, 0.717) is 36.0 Å². The van der Waals surface area contributed by atoms with Crippen LogP contribution in [-0.2, 0) is 4.74 Å². The molecule has 4 atom stereocenters. The van der Waals surface area contributed by atoms with Crippen LogP contribution in [-0.4, -0.2) is 84.5 Å². The summed E-state index contributed by atoms with van der Waals surface area (Å²) < 4.78 is 12.6. The van der Waals surface area contributed by atoms with Gasteiger partial charge in [0.2, 0.25) is 0 Å². The summed E-state index contributed by atoms with van der Waals surface area (Å²) in [7, 11) is 1.72. The van der Waals surface area contributed by atoms with Crippen LogP contribution in [0, 0.1) is 5.92 Å². The smallest absolute Gasteiger partial charge is 0.323 e. The van der Waals surface area contributed by atoms with Gasteiger partial charge in [-0.2, -0.15) is 0 Å². The molecule has 0 aromatic heterocycles. The lowest BCUT2D eigenvalue weighted by atomic mass is 10.0. The number of hydrogen-bond acceptors (Lipinski definition) is 6. The van der Waals surface area contributed by atoms with Gasteiger partial charge in [-0.25, -0.2) is 9.59 Å². The number of fused-ring (bicyclic) bond motifs is 1. The second kappa shape index (κ2) is 17.3. The first-order valence-electron chi connectivity index (χ1n) is 16.2. The monoisotopic (exact) mass is 645 g/mol. The Bertz CT molecular complexity index is 1460. The number of nitrogens with zero attached hydrogens (tertiary/aromatic N) is 2. The Balaban J connectivity index is 1.58. The lowest BCUT2D eigenvalue weighted by Gasteiger charge is -2.35. The first-order chi connectivity index (χ1) is 22.6. The number of urea groups is 2. The van der Waals surface area contributed by atoms with E-state index in [1.165, 1.54) is 0 Å². The Hall–Kier alpha value is -4.61. The number of amides is 5. The summed E-state index contributed by atoms with van der Waals surface area (Å²) in [5.41, 5.74) is 2.02. The molecule has 0 saturated carbocycles. The van der Waals surface area contributed by atoms with Gasteiger partial charge < -0.3 is 40.3 Å². The molecule has 0 spiro atoms. The van der Waals surface area contributed by atoms with Gasteiger partial charge in [-0.3, -0.25) is 4.79 Å². The lowest BCUT2D eigenvalue weighted by Crippen LogP contribution is -2.48. The van der Waals surface area contributed by atoms with E-state index in [1.54, 1.807) is 54.1 Å². The van der Waals surface area contributed by atoms with Crippen LogP contribution in [0.2, 0.25) is 0 Å². The number of likely N-dealkylation sites (N-methyl/N-ethyl adjacent to an activating group) is 1. The normalized spacial score (nSPS) is 19.7. The zero-order valence-corrected chi connectivity index (χ0v) is 27.6. The molecule has 0 fully saturated rings. The van der Waals surface area contributed by atoms with E-state index < -0.39 is 12.1 Å². The van der Waals surface area contributed by atoms with Crippen molar-refractivity contribution in [2.75, 3.05) is 49.3 Å². The van der Waals surface area contributed by atoms with Gasteiger partial charge in [0.1, 0.15) is 5.75 Å². The second-order valence-corrected chi connectivity index (χ2v) is 12.1. The van der Waals surface area contributed by atoms with Crippen molar-refractivity contribution in [1.29, 1.82) is 0 Å². The number of carbonyl (C=O) groups excluding carboxylic acids is 3. The van der Waals surface area contributed by atoms with Crippen LogP contribution >= 0.6 is 0 Å². The molecule has 11 nitrogen and oxygen atoms in total.